The molecule has 4 rings (SSSR count). The van der Waals surface area contributed by atoms with Crippen LogP contribution in [0.1, 0.15) is 10.5 Å². The Labute approximate surface area is 141 Å². The smallest absolute Gasteiger partial charge is 0.356 e. The van der Waals surface area contributed by atoms with Crippen molar-refractivity contribution in [3.05, 3.63) is 66.3 Å². The first kappa shape index (κ1) is 15.1. The number of benzene rings is 1. The Morgan fingerprint density at radius 1 is 1.16 bits per heavy atom. The Balaban J connectivity index is 1.93. The summed E-state index contributed by atoms with van der Waals surface area (Å²) in [5.74, 6) is -0.354. The molecule has 0 radical (unpaired) electrons. The summed E-state index contributed by atoms with van der Waals surface area (Å²) < 4.78 is 24.7. The molecular weight excluding hydrogens is 325 g/mol. The molecule has 0 atom stereocenters. The SMILES string of the molecule is COC(=O)c1cc(-c2ccco2)nc2cc(-c3ccc(F)cc3)nn12. The third-order valence-corrected chi connectivity index (χ3v) is 3.74. The van der Waals surface area contributed by atoms with Gasteiger partial charge in [0.05, 0.1) is 19.1 Å². The summed E-state index contributed by atoms with van der Waals surface area (Å²) in [6.45, 7) is 0. The molecule has 0 amide bonds. The second-order valence-electron chi connectivity index (χ2n) is 5.30. The van der Waals surface area contributed by atoms with Crippen LogP contribution in [0.25, 0.3) is 28.4 Å². The summed E-state index contributed by atoms with van der Waals surface area (Å²) in [6, 6.07) is 12.7. The topological polar surface area (TPSA) is 69.6 Å². The average Bonchev–Trinajstić information content (AvgIpc) is 3.30. The summed E-state index contributed by atoms with van der Waals surface area (Å²) in [6.07, 6.45) is 1.53. The number of aromatic nitrogens is 3. The standard InChI is InChI=1S/C18H12FN3O3/c1-24-18(23)15-9-14(16-3-2-8-25-16)20-17-10-13(21-22(15)17)11-4-6-12(19)7-5-11/h2-10H,1H3. The van der Waals surface area contributed by atoms with Crippen molar-refractivity contribution in [2.45, 2.75) is 0 Å². The fraction of sp³-hybridized carbons (Fsp3) is 0.0556. The van der Waals surface area contributed by atoms with Crippen molar-refractivity contribution in [2.24, 2.45) is 0 Å². The molecule has 3 heterocycles. The Kier molecular flexibility index (Phi) is 3.53. The molecule has 0 aliphatic carbocycles. The number of carbonyl (C=O) groups is 1. The van der Waals surface area contributed by atoms with E-state index in [1.54, 1.807) is 36.4 Å². The van der Waals surface area contributed by atoms with Crippen molar-refractivity contribution in [1.29, 1.82) is 0 Å². The number of methoxy groups -OCH3 is 1. The Morgan fingerprint density at radius 3 is 2.64 bits per heavy atom. The fourth-order valence-electron chi connectivity index (χ4n) is 2.54. The van der Waals surface area contributed by atoms with E-state index < -0.39 is 5.97 Å². The van der Waals surface area contributed by atoms with Gasteiger partial charge in [0.2, 0.25) is 0 Å². The number of hydrogen-bond donors (Lipinski definition) is 0. The number of fused-ring (bicyclic) bond motifs is 1. The van der Waals surface area contributed by atoms with Crippen LogP contribution in [0.2, 0.25) is 0 Å². The zero-order valence-corrected chi connectivity index (χ0v) is 13.1. The molecule has 0 spiro atoms. The highest BCUT2D eigenvalue weighted by molar-refractivity contribution is 5.89. The molecule has 7 heteroatoms. The summed E-state index contributed by atoms with van der Waals surface area (Å²) in [5, 5.41) is 4.40. The summed E-state index contributed by atoms with van der Waals surface area (Å²) in [4.78, 5) is 16.6. The van der Waals surface area contributed by atoms with Crippen LogP contribution in [-0.2, 0) is 4.74 Å². The van der Waals surface area contributed by atoms with Gasteiger partial charge in [0.15, 0.2) is 17.1 Å². The predicted molar refractivity (Wildman–Crippen MR) is 87.4 cm³/mol. The molecule has 25 heavy (non-hydrogen) atoms. The molecule has 6 nitrogen and oxygen atoms in total. The zero-order valence-electron chi connectivity index (χ0n) is 13.1. The van der Waals surface area contributed by atoms with Gasteiger partial charge in [0, 0.05) is 17.7 Å². The summed E-state index contributed by atoms with van der Waals surface area (Å²) in [7, 11) is 1.30. The van der Waals surface area contributed by atoms with E-state index in [2.05, 4.69) is 10.1 Å². The van der Waals surface area contributed by atoms with Gasteiger partial charge in [-0.1, -0.05) is 0 Å². The predicted octanol–water partition coefficient (Wildman–Crippen LogP) is 3.58. The van der Waals surface area contributed by atoms with E-state index in [-0.39, 0.29) is 11.5 Å². The lowest BCUT2D eigenvalue weighted by atomic mass is 10.1. The number of halogens is 1. The molecular formula is C18H12FN3O3. The maximum atomic E-state index is 13.1. The first-order valence-electron chi connectivity index (χ1n) is 7.44. The molecule has 3 aromatic heterocycles. The molecule has 0 unspecified atom stereocenters. The fourth-order valence-corrected chi connectivity index (χ4v) is 2.54. The maximum absolute atomic E-state index is 13.1. The molecule has 0 saturated heterocycles. The average molecular weight is 337 g/mol. The van der Waals surface area contributed by atoms with Crippen LogP contribution in [0, 0.1) is 5.82 Å². The molecule has 0 fully saturated rings. The molecule has 0 saturated carbocycles. The molecule has 1 aromatic carbocycles. The Morgan fingerprint density at radius 2 is 1.96 bits per heavy atom. The van der Waals surface area contributed by atoms with E-state index >= 15 is 0 Å². The minimum absolute atomic E-state index is 0.215. The Bertz CT molecular complexity index is 1050. The second kappa shape index (κ2) is 5.86. The van der Waals surface area contributed by atoms with E-state index in [0.717, 1.165) is 0 Å². The molecule has 0 N–H and O–H groups in total. The van der Waals surface area contributed by atoms with Crippen LogP contribution in [0.15, 0.2) is 59.2 Å². The van der Waals surface area contributed by atoms with E-state index in [1.165, 1.54) is 30.0 Å². The van der Waals surface area contributed by atoms with Crippen molar-refractivity contribution in [3.8, 4) is 22.7 Å². The van der Waals surface area contributed by atoms with Crippen LogP contribution in [-0.4, -0.2) is 27.7 Å². The van der Waals surface area contributed by atoms with Gasteiger partial charge in [-0.3, -0.25) is 0 Å². The van der Waals surface area contributed by atoms with Gasteiger partial charge in [-0.15, -0.1) is 0 Å². The minimum Gasteiger partial charge on any atom is -0.464 e. The van der Waals surface area contributed by atoms with E-state index in [0.29, 0.717) is 28.4 Å². The molecule has 0 bridgehead atoms. The number of carbonyl (C=O) groups excluding carboxylic acids is 1. The van der Waals surface area contributed by atoms with Crippen molar-refractivity contribution in [1.82, 2.24) is 14.6 Å². The summed E-state index contributed by atoms with van der Waals surface area (Å²) >= 11 is 0. The van der Waals surface area contributed by atoms with Gasteiger partial charge in [0.25, 0.3) is 0 Å². The minimum atomic E-state index is -0.547. The third kappa shape index (κ3) is 2.65. The van der Waals surface area contributed by atoms with Crippen molar-refractivity contribution >= 4 is 11.6 Å². The first-order chi connectivity index (χ1) is 12.2. The number of hydrogen-bond acceptors (Lipinski definition) is 5. The number of ether oxygens (including phenoxy) is 1. The van der Waals surface area contributed by atoms with E-state index in [1.807, 2.05) is 0 Å². The lowest BCUT2D eigenvalue weighted by Crippen LogP contribution is -2.10. The van der Waals surface area contributed by atoms with Crippen molar-refractivity contribution in [2.75, 3.05) is 7.11 Å². The first-order valence-corrected chi connectivity index (χ1v) is 7.44. The largest absolute Gasteiger partial charge is 0.464 e. The number of furan rings is 1. The lowest BCUT2D eigenvalue weighted by Gasteiger charge is -2.04. The number of nitrogens with zero attached hydrogens (tertiary/aromatic N) is 3. The van der Waals surface area contributed by atoms with E-state index in [9.17, 15) is 9.18 Å². The molecule has 124 valence electrons. The van der Waals surface area contributed by atoms with E-state index in [4.69, 9.17) is 9.15 Å². The van der Waals surface area contributed by atoms with Crippen LogP contribution < -0.4 is 0 Å². The molecule has 0 aliphatic heterocycles. The van der Waals surface area contributed by atoms with Gasteiger partial charge in [-0.05, 0) is 36.4 Å². The third-order valence-electron chi connectivity index (χ3n) is 3.74. The molecule has 4 aromatic rings. The van der Waals surface area contributed by atoms with Gasteiger partial charge in [-0.2, -0.15) is 5.10 Å². The maximum Gasteiger partial charge on any atom is 0.356 e. The highest BCUT2D eigenvalue weighted by Crippen LogP contribution is 2.24. The molecule has 0 aliphatic rings. The van der Waals surface area contributed by atoms with Gasteiger partial charge >= 0.3 is 5.97 Å². The second-order valence-corrected chi connectivity index (χ2v) is 5.30. The number of esters is 1. The van der Waals surface area contributed by atoms with Crippen LogP contribution in [0.5, 0.6) is 0 Å². The lowest BCUT2D eigenvalue weighted by molar-refractivity contribution is 0.0590. The van der Waals surface area contributed by atoms with Gasteiger partial charge in [0.1, 0.15) is 11.5 Å². The van der Waals surface area contributed by atoms with Crippen LogP contribution in [0.3, 0.4) is 0 Å². The highest BCUT2D eigenvalue weighted by atomic mass is 19.1. The Hall–Kier alpha value is -3.48. The number of rotatable bonds is 3. The quantitative estimate of drug-likeness (QED) is 0.534. The highest BCUT2D eigenvalue weighted by Gasteiger charge is 2.18. The van der Waals surface area contributed by atoms with Crippen molar-refractivity contribution < 1.29 is 18.3 Å². The van der Waals surface area contributed by atoms with Crippen molar-refractivity contribution in [3.63, 3.8) is 0 Å². The summed E-state index contributed by atoms with van der Waals surface area (Å²) in [5.41, 5.74) is 2.43. The van der Waals surface area contributed by atoms with Crippen LogP contribution in [0.4, 0.5) is 4.39 Å². The zero-order chi connectivity index (χ0) is 17.4. The monoisotopic (exact) mass is 337 g/mol. The van der Waals surface area contributed by atoms with Crippen LogP contribution >= 0.6 is 0 Å². The van der Waals surface area contributed by atoms with Gasteiger partial charge < -0.3 is 9.15 Å². The van der Waals surface area contributed by atoms with Gasteiger partial charge in [-0.25, -0.2) is 18.7 Å². The normalized spacial score (nSPS) is 11.0.